The lowest BCUT2D eigenvalue weighted by Crippen LogP contribution is -2.48. The molecule has 2 heterocycles. The maximum absolute atomic E-state index is 13.8. The summed E-state index contributed by atoms with van der Waals surface area (Å²) in [5, 5.41) is 0. The number of amides is 1. The molecule has 32 heavy (non-hydrogen) atoms. The standard InChI is InChI=1S/C25H24F2N2O3/c1-3-16-4-6-17(7-5-16)15-32-22-9-8-18(10-23(22)31-2)19-13-29(14-19)25(30)24-21(27)11-20(26)12-28-24/h4-12,19H,3,13-15H2,1-2H3. The van der Waals surface area contributed by atoms with Gasteiger partial charge in [0.15, 0.2) is 23.0 Å². The van der Waals surface area contributed by atoms with E-state index < -0.39 is 17.5 Å². The lowest BCUT2D eigenvalue weighted by molar-refractivity contribution is 0.0590. The predicted octanol–water partition coefficient (Wildman–Crippen LogP) is 4.75. The molecule has 1 aromatic heterocycles. The van der Waals surface area contributed by atoms with Crippen molar-refractivity contribution in [3.63, 3.8) is 0 Å². The summed E-state index contributed by atoms with van der Waals surface area (Å²) >= 11 is 0. The maximum Gasteiger partial charge on any atom is 0.275 e. The Morgan fingerprint density at radius 2 is 1.78 bits per heavy atom. The quantitative estimate of drug-likeness (QED) is 0.534. The van der Waals surface area contributed by atoms with Gasteiger partial charge in [-0.3, -0.25) is 4.79 Å². The third-order valence-corrected chi connectivity index (χ3v) is 5.66. The minimum absolute atomic E-state index is 0.0898. The van der Waals surface area contributed by atoms with Gasteiger partial charge in [-0.15, -0.1) is 0 Å². The lowest BCUT2D eigenvalue weighted by atomic mass is 9.91. The number of carbonyl (C=O) groups excluding carboxylic acids is 1. The van der Waals surface area contributed by atoms with Crippen LogP contribution >= 0.6 is 0 Å². The first-order valence-electron chi connectivity index (χ1n) is 10.5. The topological polar surface area (TPSA) is 51.7 Å². The molecule has 1 aliphatic rings. The number of benzene rings is 2. The van der Waals surface area contributed by atoms with Crippen molar-refractivity contribution in [1.82, 2.24) is 9.88 Å². The molecule has 5 nitrogen and oxygen atoms in total. The summed E-state index contributed by atoms with van der Waals surface area (Å²) in [5.41, 5.74) is 2.99. The van der Waals surface area contributed by atoms with Crippen LogP contribution in [-0.4, -0.2) is 36.0 Å². The third kappa shape index (κ3) is 4.56. The summed E-state index contributed by atoms with van der Waals surface area (Å²) < 4.78 is 38.3. The van der Waals surface area contributed by atoms with Gasteiger partial charge in [-0.2, -0.15) is 0 Å². The zero-order chi connectivity index (χ0) is 22.7. The van der Waals surface area contributed by atoms with Crippen molar-refractivity contribution in [3.8, 4) is 11.5 Å². The maximum atomic E-state index is 13.8. The molecule has 0 unspecified atom stereocenters. The highest BCUT2D eigenvalue weighted by molar-refractivity contribution is 5.93. The van der Waals surface area contributed by atoms with Crippen molar-refractivity contribution in [2.45, 2.75) is 25.9 Å². The van der Waals surface area contributed by atoms with E-state index in [4.69, 9.17) is 9.47 Å². The van der Waals surface area contributed by atoms with Crippen molar-refractivity contribution < 1.29 is 23.0 Å². The fraction of sp³-hybridized carbons (Fsp3) is 0.280. The summed E-state index contributed by atoms with van der Waals surface area (Å²) in [6, 6.07) is 14.7. The van der Waals surface area contributed by atoms with Crippen molar-refractivity contribution in [1.29, 1.82) is 0 Å². The third-order valence-electron chi connectivity index (χ3n) is 5.66. The van der Waals surface area contributed by atoms with Crippen LogP contribution in [0.25, 0.3) is 0 Å². The SMILES string of the molecule is CCc1ccc(COc2ccc(C3CN(C(=O)c4ncc(F)cc4F)C3)cc2OC)cc1. The molecule has 0 aliphatic carbocycles. The highest BCUT2D eigenvalue weighted by atomic mass is 19.1. The van der Waals surface area contributed by atoms with Gasteiger partial charge in [-0.25, -0.2) is 13.8 Å². The van der Waals surface area contributed by atoms with Crippen LogP contribution in [0.5, 0.6) is 11.5 Å². The Balaban J connectivity index is 1.38. The van der Waals surface area contributed by atoms with Crippen LogP contribution in [-0.2, 0) is 13.0 Å². The molecule has 0 radical (unpaired) electrons. The number of pyridine rings is 1. The van der Waals surface area contributed by atoms with E-state index in [1.807, 2.05) is 18.2 Å². The van der Waals surface area contributed by atoms with Gasteiger partial charge in [0.05, 0.1) is 13.3 Å². The van der Waals surface area contributed by atoms with Gasteiger partial charge in [0, 0.05) is 25.1 Å². The van der Waals surface area contributed by atoms with Crippen LogP contribution in [0.1, 0.15) is 40.0 Å². The zero-order valence-corrected chi connectivity index (χ0v) is 18.0. The Morgan fingerprint density at radius 1 is 1.06 bits per heavy atom. The molecule has 1 saturated heterocycles. The monoisotopic (exact) mass is 438 g/mol. The molecular formula is C25H24F2N2O3. The largest absolute Gasteiger partial charge is 0.493 e. The number of carbonyl (C=O) groups is 1. The average molecular weight is 438 g/mol. The number of hydrogen-bond donors (Lipinski definition) is 0. The first-order chi connectivity index (χ1) is 15.5. The zero-order valence-electron chi connectivity index (χ0n) is 18.0. The van der Waals surface area contributed by atoms with E-state index in [1.54, 1.807) is 7.11 Å². The van der Waals surface area contributed by atoms with Crippen LogP contribution in [0.4, 0.5) is 8.78 Å². The van der Waals surface area contributed by atoms with Gasteiger partial charge in [0.25, 0.3) is 5.91 Å². The van der Waals surface area contributed by atoms with Crippen molar-refractivity contribution in [2.75, 3.05) is 20.2 Å². The van der Waals surface area contributed by atoms with Crippen molar-refractivity contribution >= 4 is 5.91 Å². The fourth-order valence-corrected chi connectivity index (χ4v) is 3.67. The van der Waals surface area contributed by atoms with E-state index in [9.17, 15) is 13.6 Å². The summed E-state index contributed by atoms with van der Waals surface area (Å²) in [6.45, 7) is 3.39. The highest BCUT2D eigenvalue weighted by Gasteiger charge is 2.34. The van der Waals surface area contributed by atoms with Crippen molar-refractivity contribution in [3.05, 3.63) is 88.7 Å². The summed E-state index contributed by atoms with van der Waals surface area (Å²) in [7, 11) is 1.58. The molecule has 1 amide bonds. The van der Waals surface area contributed by atoms with E-state index >= 15 is 0 Å². The number of nitrogens with zero attached hydrogens (tertiary/aromatic N) is 2. The van der Waals surface area contributed by atoms with Gasteiger partial charge in [-0.05, 0) is 35.2 Å². The second-order valence-corrected chi connectivity index (χ2v) is 7.76. The molecule has 0 N–H and O–H groups in total. The number of aryl methyl sites for hydroxylation is 1. The van der Waals surface area contributed by atoms with E-state index in [1.165, 1.54) is 10.5 Å². The number of methoxy groups -OCH3 is 1. The van der Waals surface area contributed by atoms with Crippen LogP contribution in [0.3, 0.4) is 0 Å². The van der Waals surface area contributed by atoms with Gasteiger partial charge >= 0.3 is 0 Å². The first-order valence-corrected chi connectivity index (χ1v) is 10.5. The van der Waals surface area contributed by atoms with Gasteiger partial charge < -0.3 is 14.4 Å². The number of rotatable bonds is 7. The van der Waals surface area contributed by atoms with Gasteiger partial charge in [0.1, 0.15) is 12.4 Å². The molecule has 0 saturated carbocycles. The summed E-state index contributed by atoms with van der Waals surface area (Å²) in [5.74, 6) is -0.963. The second kappa shape index (κ2) is 9.34. The average Bonchev–Trinajstić information content (AvgIpc) is 2.77. The summed E-state index contributed by atoms with van der Waals surface area (Å²) in [4.78, 5) is 17.5. The molecule has 4 rings (SSSR count). The van der Waals surface area contributed by atoms with E-state index in [-0.39, 0.29) is 11.6 Å². The Morgan fingerprint density at radius 3 is 2.44 bits per heavy atom. The highest BCUT2D eigenvalue weighted by Crippen LogP contribution is 2.35. The Kier molecular flexibility index (Phi) is 6.35. The Labute approximate surface area is 185 Å². The summed E-state index contributed by atoms with van der Waals surface area (Å²) in [6.07, 6.45) is 1.84. The molecule has 0 bridgehead atoms. The number of aromatic nitrogens is 1. The number of likely N-dealkylation sites (tertiary alicyclic amines) is 1. The number of ether oxygens (including phenoxy) is 2. The van der Waals surface area contributed by atoms with E-state index in [0.717, 1.165) is 23.7 Å². The smallest absolute Gasteiger partial charge is 0.275 e. The Hall–Kier alpha value is -3.48. The predicted molar refractivity (Wildman–Crippen MR) is 116 cm³/mol. The molecule has 2 aromatic carbocycles. The molecule has 0 atom stereocenters. The first kappa shape index (κ1) is 21.7. The van der Waals surface area contributed by atoms with Gasteiger partial charge in [0.2, 0.25) is 0 Å². The minimum atomic E-state index is -0.953. The molecule has 7 heteroatoms. The van der Waals surface area contributed by atoms with E-state index in [2.05, 4.69) is 36.2 Å². The molecule has 166 valence electrons. The Bertz CT molecular complexity index is 1110. The normalized spacial score (nSPS) is 13.6. The van der Waals surface area contributed by atoms with Crippen LogP contribution in [0.2, 0.25) is 0 Å². The van der Waals surface area contributed by atoms with Crippen molar-refractivity contribution in [2.24, 2.45) is 0 Å². The minimum Gasteiger partial charge on any atom is -0.493 e. The fourth-order valence-electron chi connectivity index (χ4n) is 3.67. The molecular weight excluding hydrogens is 414 g/mol. The molecule has 1 fully saturated rings. The molecule has 3 aromatic rings. The van der Waals surface area contributed by atoms with Crippen LogP contribution < -0.4 is 9.47 Å². The van der Waals surface area contributed by atoms with Crippen LogP contribution in [0.15, 0.2) is 54.7 Å². The second-order valence-electron chi connectivity index (χ2n) is 7.76. The van der Waals surface area contributed by atoms with Gasteiger partial charge in [-0.1, -0.05) is 37.3 Å². The van der Waals surface area contributed by atoms with Crippen LogP contribution in [0, 0.1) is 11.6 Å². The number of hydrogen-bond acceptors (Lipinski definition) is 4. The molecule has 0 spiro atoms. The number of halogens is 2. The molecule has 1 aliphatic heterocycles. The van der Waals surface area contributed by atoms with E-state index in [0.29, 0.717) is 37.3 Å². The lowest BCUT2D eigenvalue weighted by Gasteiger charge is -2.39.